The molecule has 0 saturated carbocycles. The molecule has 1 atom stereocenters. The molecule has 106 valence electrons. The third-order valence-electron chi connectivity index (χ3n) is 3.43. The zero-order chi connectivity index (χ0) is 14.6. The molecule has 0 aliphatic rings. The standard InChI is InChI=1S/C18H23OP/c1-18(2,3)15-9-11-16(12-10-15)20-13-14-7-5-6-8-17(14)19-4/h5-12,20H,13H2,1-4H3. The van der Waals surface area contributed by atoms with Gasteiger partial charge in [-0.15, -0.1) is 0 Å². The fourth-order valence-electron chi connectivity index (χ4n) is 2.13. The molecule has 2 aromatic carbocycles. The number of hydrogen-bond donors (Lipinski definition) is 0. The van der Waals surface area contributed by atoms with Crippen molar-refractivity contribution in [3.05, 3.63) is 59.7 Å². The molecule has 0 aromatic heterocycles. The summed E-state index contributed by atoms with van der Waals surface area (Å²) in [5.41, 5.74) is 2.90. The van der Waals surface area contributed by atoms with E-state index in [-0.39, 0.29) is 5.41 Å². The topological polar surface area (TPSA) is 9.23 Å². The Labute approximate surface area is 124 Å². The highest BCUT2D eigenvalue weighted by Gasteiger charge is 2.12. The first kappa shape index (κ1) is 15.1. The van der Waals surface area contributed by atoms with Gasteiger partial charge in [-0.25, -0.2) is 0 Å². The fourth-order valence-corrected chi connectivity index (χ4v) is 3.22. The van der Waals surface area contributed by atoms with Gasteiger partial charge in [-0.3, -0.25) is 0 Å². The molecular weight excluding hydrogens is 263 g/mol. The van der Waals surface area contributed by atoms with Gasteiger partial charge in [0.05, 0.1) is 7.11 Å². The molecule has 0 N–H and O–H groups in total. The Hall–Kier alpha value is -1.33. The predicted molar refractivity (Wildman–Crippen MR) is 89.8 cm³/mol. The van der Waals surface area contributed by atoms with Gasteiger partial charge in [-0.05, 0) is 34.1 Å². The van der Waals surface area contributed by atoms with Crippen LogP contribution >= 0.6 is 8.58 Å². The average Bonchev–Trinajstić information content (AvgIpc) is 2.45. The molecule has 0 saturated heterocycles. The van der Waals surface area contributed by atoms with Crippen molar-refractivity contribution in [1.82, 2.24) is 0 Å². The lowest BCUT2D eigenvalue weighted by Crippen LogP contribution is -2.11. The first-order valence-electron chi connectivity index (χ1n) is 6.97. The minimum atomic E-state index is 0.226. The maximum absolute atomic E-state index is 5.40. The van der Waals surface area contributed by atoms with Crippen molar-refractivity contribution in [3.63, 3.8) is 0 Å². The molecule has 2 aromatic rings. The Kier molecular flexibility index (Phi) is 4.83. The van der Waals surface area contributed by atoms with E-state index in [0.29, 0.717) is 0 Å². The van der Waals surface area contributed by atoms with E-state index in [1.165, 1.54) is 16.4 Å². The van der Waals surface area contributed by atoms with Gasteiger partial charge >= 0.3 is 0 Å². The van der Waals surface area contributed by atoms with Crippen LogP contribution < -0.4 is 10.0 Å². The van der Waals surface area contributed by atoms with Gasteiger partial charge in [0.15, 0.2) is 0 Å². The lowest BCUT2D eigenvalue weighted by atomic mass is 9.87. The van der Waals surface area contributed by atoms with Crippen molar-refractivity contribution in [3.8, 4) is 5.75 Å². The summed E-state index contributed by atoms with van der Waals surface area (Å²) in [6.45, 7) is 6.75. The van der Waals surface area contributed by atoms with Crippen molar-refractivity contribution < 1.29 is 4.74 Å². The van der Waals surface area contributed by atoms with Crippen molar-refractivity contribution in [1.29, 1.82) is 0 Å². The SMILES string of the molecule is COc1ccccc1CPc1ccc(C(C)(C)C)cc1. The number of methoxy groups -OCH3 is 1. The van der Waals surface area contributed by atoms with Crippen LogP contribution in [0.3, 0.4) is 0 Å². The maximum Gasteiger partial charge on any atom is 0.122 e. The molecule has 0 amide bonds. The molecule has 2 rings (SSSR count). The van der Waals surface area contributed by atoms with Crippen LogP contribution in [0.2, 0.25) is 0 Å². The van der Waals surface area contributed by atoms with Crippen molar-refractivity contribution in [2.24, 2.45) is 0 Å². The normalized spacial score (nSPS) is 12.0. The Balaban J connectivity index is 2.04. The van der Waals surface area contributed by atoms with E-state index in [0.717, 1.165) is 20.5 Å². The average molecular weight is 286 g/mol. The summed E-state index contributed by atoms with van der Waals surface area (Å²) in [6, 6.07) is 17.3. The molecule has 0 radical (unpaired) electrons. The van der Waals surface area contributed by atoms with Gasteiger partial charge in [-0.1, -0.05) is 71.8 Å². The number of para-hydroxylation sites is 1. The number of benzene rings is 2. The predicted octanol–water partition coefficient (Wildman–Crippen LogP) is 4.50. The van der Waals surface area contributed by atoms with Crippen LogP contribution in [0.1, 0.15) is 31.9 Å². The van der Waals surface area contributed by atoms with Crippen LogP contribution in [-0.2, 0) is 11.6 Å². The molecule has 1 nitrogen and oxygen atoms in total. The van der Waals surface area contributed by atoms with E-state index in [2.05, 4.69) is 57.2 Å². The Bertz CT molecular complexity index is 552. The van der Waals surface area contributed by atoms with E-state index >= 15 is 0 Å². The van der Waals surface area contributed by atoms with Crippen LogP contribution in [0.25, 0.3) is 0 Å². The third-order valence-corrected chi connectivity index (χ3v) is 4.73. The number of rotatable bonds is 4. The Morgan fingerprint density at radius 2 is 1.60 bits per heavy atom. The molecule has 0 spiro atoms. The molecule has 2 heteroatoms. The quantitative estimate of drug-likeness (QED) is 0.752. The molecule has 1 unspecified atom stereocenters. The van der Waals surface area contributed by atoms with E-state index in [9.17, 15) is 0 Å². The summed E-state index contributed by atoms with van der Waals surface area (Å²) in [4.78, 5) is 0. The zero-order valence-electron chi connectivity index (χ0n) is 12.7. The molecule has 20 heavy (non-hydrogen) atoms. The number of hydrogen-bond acceptors (Lipinski definition) is 1. The minimum absolute atomic E-state index is 0.226. The highest BCUT2D eigenvalue weighted by molar-refractivity contribution is 7.46. The van der Waals surface area contributed by atoms with Crippen molar-refractivity contribution in [2.75, 3.05) is 7.11 Å². The second-order valence-electron chi connectivity index (χ2n) is 5.99. The minimum Gasteiger partial charge on any atom is -0.496 e. The molecule has 0 aliphatic carbocycles. The van der Waals surface area contributed by atoms with Gasteiger partial charge in [-0.2, -0.15) is 0 Å². The first-order chi connectivity index (χ1) is 9.50. The summed E-state index contributed by atoms with van der Waals surface area (Å²) >= 11 is 0. The summed E-state index contributed by atoms with van der Waals surface area (Å²) in [6.07, 6.45) is 1.04. The van der Waals surface area contributed by atoms with Crippen LogP contribution in [0.15, 0.2) is 48.5 Å². The summed E-state index contributed by atoms with van der Waals surface area (Å²) in [5, 5.41) is 1.41. The summed E-state index contributed by atoms with van der Waals surface area (Å²) in [5.74, 6) is 0.992. The molecule has 0 heterocycles. The number of ether oxygens (including phenoxy) is 1. The van der Waals surface area contributed by atoms with Gasteiger partial charge < -0.3 is 4.74 Å². The van der Waals surface area contributed by atoms with Gasteiger partial charge in [0.1, 0.15) is 5.75 Å². The van der Waals surface area contributed by atoms with E-state index in [1.807, 2.05) is 12.1 Å². The lowest BCUT2D eigenvalue weighted by Gasteiger charge is -2.19. The molecule has 0 bridgehead atoms. The highest BCUT2D eigenvalue weighted by Crippen LogP contribution is 2.27. The Morgan fingerprint density at radius 1 is 0.950 bits per heavy atom. The largest absolute Gasteiger partial charge is 0.496 e. The van der Waals surface area contributed by atoms with Crippen molar-refractivity contribution >= 4 is 13.9 Å². The molecule has 0 fully saturated rings. The highest BCUT2D eigenvalue weighted by atomic mass is 31.1. The second kappa shape index (κ2) is 6.41. The van der Waals surface area contributed by atoms with Crippen LogP contribution in [0.5, 0.6) is 5.75 Å². The second-order valence-corrected chi connectivity index (χ2v) is 7.28. The van der Waals surface area contributed by atoms with E-state index < -0.39 is 0 Å². The van der Waals surface area contributed by atoms with Crippen LogP contribution in [0.4, 0.5) is 0 Å². The molecule has 0 aliphatic heterocycles. The van der Waals surface area contributed by atoms with Crippen LogP contribution in [0, 0.1) is 0 Å². The summed E-state index contributed by atoms with van der Waals surface area (Å²) < 4.78 is 5.40. The fraction of sp³-hybridized carbons (Fsp3) is 0.333. The third kappa shape index (κ3) is 3.84. The monoisotopic (exact) mass is 286 g/mol. The summed E-state index contributed by atoms with van der Waals surface area (Å²) in [7, 11) is 2.52. The van der Waals surface area contributed by atoms with E-state index in [4.69, 9.17) is 4.74 Å². The van der Waals surface area contributed by atoms with Crippen molar-refractivity contribution in [2.45, 2.75) is 32.3 Å². The Morgan fingerprint density at radius 3 is 2.20 bits per heavy atom. The first-order valence-corrected chi connectivity index (χ1v) is 8.18. The van der Waals surface area contributed by atoms with Gasteiger partial charge in [0, 0.05) is 0 Å². The van der Waals surface area contributed by atoms with Gasteiger partial charge in [0.25, 0.3) is 0 Å². The lowest BCUT2D eigenvalue weighted by molar-refractivity contribution is 0.411. The van der Waals surface area contributed by atoms with E-state index in [1.54, 1.807) is 7.11 Å². The smallest absolute Gasteiger partial charge is 0.122 e. The molecular formula is C18H23OP. The zero-order valence-corrected chi connectivity index (χ0v) is 13.7. The van der Waals surface area contributed by atoms with Gasteiger partial charge in [0.2, 0.25) is 0 Å². The maximum atomic E-state index is 5.40. The van der Waals surface area contributed by atoms with Crippen LogP contribution in [-0.4, -0.2) is 7.11 Å².